The van der Waals surface area contributed by atoms with Crippen LogP contribution in [0.15, 0.2) is 0 Å². The minimum absolute atomic E-state index is 0.278. The number of carbonyl (C=O) groups is 2. The van der Waals surface area contributed by atoms with Crippen molar-refractivity contribution in [3.8, 4) is 0 Å². The zero-order valence-electron chi connectivity index (χ0n) is 6.86. The average Bonchev–Trinajstić information content (AvgIpc) is 2.30. The van der Waals surface area contributed by atoms with Gasteiger partial charge in [-0.1, -0.05) is 0 Å². The van der Waals surface area contributed by atoms with Gasteiger partial charge in [0.2, 0.25) is 5.91 Å². The van der Waals surface area contributed by atoms with E-state index in [1.54, 1.807) is 6.92 Å². The Morgan fingerprint density at radius 1 is 1.58 bits per heavy atom. The maximum absolute atomic E-state index is 10.8. The van der Waals surface area contributed by atoms with Crippen molar-refractivity contribution in [1.82, 2.24) is 4.90 Å². The first-order chi connectivity index (χ1) is 5.54. The Morgan fingerprint density at radius 2 is 2.17 bits per heavy atom. The fourth-order valence-electron chi connectivity index (χ4n) is 1.59. The third kappa shape index (κ3) is 1.34. The van der Waals surface area contributed by atoms with Crippen LogP contribution in [0.3, 0.4) is 0 Å². The van der Waals surface area contributed by atoms with Crippen LogP contribution in [0.4, 0.5) is 4.79 Å². The van der Waals surface area contributed by atoms with Crippen LogP contribution in [0.2, 0.25) is 0 Å². The number of carboxylic acid groups (broad SMARTS) is 1. The smallest absolute Gasteiger partial charge is 0.407 e. The summed E-state index contributed by atoms with van der Waals surface area (Å²) in [5, 5.41) is 8.66. The lowest BCUT2D eigenvalue weighted by atomic mass is 10.0. The van der Waals surface area contributed by atoms with Gasteiger partial charge in [-0.05, 0) is 13.3 Å². The van der Waals surface area contributed by atoms with E-state index in [0.29, 0.717) is 13.0 Å². The number of likely N-dealkylation sites (tertiary alicyclic amines) is 1. The number of rotatable bonds is 1. The molecule has 12 heavy (non-hydrogen) atoms. The molecule has 2 atom stereocenters. The van der Waals surface area contributed by atoms with Crippen LogP contribution in [0.1, 0.15) is 13.3 Å². The molecule has 0 radical (unpaired) electrons. The van der Waals surface area contributed by atoms with E-state index >= 15 is 0 Å². The maximum atomic E-state index is 10.8. The maximum Gasteiger partial charge on any atom is 0.407 e. The molecule has 3 N–H and O–H groups in total. The van der Waals surface area contributed by atoms with Crippen LogP contribution in [-0.4, -0.2) is 34.6 Å². The van der Waals surface area contributed by atoms with E-state index in [1.807, 2.05) is 0 Å². The lowest BCUT2D eigenvalue weighted by molar-refractivity contribution is -0.122. The molecule has 0 spiro atoms. The molecule has 1 heterocycles. The van der Waals surface area contributed by atoms with Gasteiger partial charge >= 0.3 is 6.09 Å². The zero-order chi connectivity index (χ0) is 9.30. The highest BCUT2D eigenvalue weighted by atomic mass is 16.4. The van der Waals surface area contributed by atoms with E-state index in [1.165, 1.54) is 4.90 Å². The number of nitrogens with zero attached hydrogens (tertiary/aromatic N) is 1. The number of nitrogens with two attached hydrogens (primary N) is 1. The molecule has 5 nitrogen and oxygen atoms in total. The van der Waals surface area contributed by atoms with Crippen molar-refractivity contribution in [3.63, 3.8) is 0 Å². The SMILES string of the molecule is C[C@@H]1[C@@H](C(N)=O)CCN1C(=O)O. The van der Waals surface area contributed by atoms with E-state index < -0.39 is 12.0 Å². The van der Waals surface area contributed by atoms with E-state index in [0.717, 1.165) is 0 Å². The highest BCUT2D eigenvalue weighted by Gasteiger charge is 2.36. The standard InChI is InChI=1S/C7H12N2O3/c1-4-5(6(8)10)2-3-9(4)7(11)12/h4-5H,2-3H2,1H3,(H2,8,10)(H,11,12)/t4-,5+/m1/s1. The minimum Gasteiger partial charge on any atom is -0.465 e. The Bertz CT molecular complexity index is 195. The van der Waals surface area contributed by atoms with Gasteiger partial charge in [0.25, 0.3) is 0 Å². The van der Waals surface area contributed by atoms with Crippen LogP contribution in [-0.2, 0) is 4.79 Å². The van der Waals surface area contributed by atoms with Gasteiger partial charge in [-0.15, -0.1) is 0 Å². The lowest BCUT2D eigenvalue weighted by Gasteiger charge is -2.19. The summed E-state index contributed by atoms with van der Waals surface area (Å²) in [6.07, 6.45) is -0.436. The number of primary amides is 1. The van der Waals surface area contributed by atoms with Gasteiger partial charge in [0, 0.05) is 12.6 Å². The summed E-state index contributed by atoms with van der Waals surface area (Å²) in [5.74, 6) is -0.729. The number of amides is 2. The fourth-order valence-corrected chi connectivity index (χ4v) is 1.59. The molecule has 1 aliphatic rings. The van der Waals surface area contributed by atoms with Crippen molar-refractivity contribution in [2.45, 2.75) is 19.4 Å². The van der Waals surface area contributed by atoms with E-state index in [9.17, 15) is 9.59 Å². The summed E-state index contributed by atoms with van der Waals surface area (Å²) in [5.41, 5.74) is 5.09. The molecule has 1 saturated heterocycles. The molecular formula is C7H12N2O3. The Balaban J connectivity index is 2.67. The van der Waals surface area contributed by atoms with Gasteiger partial charge in [-0.25, -0.2) is 4.79 Å². The largest absolute Gasteiger partial charge is 0.465 e. The Morgan fingerprint density at radius 3 is 2.42 bits per heavy atom. The topological polar surface area (TPSA) is 83.6 Å². The van der Waals surface area contributed by atoms with Crippen molar-refractivity contribution in [1.29, 1.82) is 0 Å². The molecule has 0 aliphatic carbocycles. The van der Waals surface area contributed by atoms with Crippen LogP contribution in [0.5, 0.6) is 0 Å². The van der Waals surface area contributed by atoms with Gasteiger partial charge < -0.3 is 15.7 Å². The molecule has 2 amide bonds. The molecule has 1 aliphatic heterocycles. The molecule has 0 aromatic heterocycles. The van der Waals surface area contributed by atoms with Crippen molar-refractivity contribution >= 4 is 12.0 Å². The number of hydrogen-bond donors (Lipinski definition) is 2. The quantitative estimate of drug-likeness (QED) is 0.577. The average molecular weight is 172 g/mol. The number of hydrogen-bond acceptors (Lipinski definition) is 2. The van der Waals surface area contributed by atoms with Crippen LogP contribution in [0.25, 0.3) is 0 Å². The van der Waals surface area contributed by atoms with Crippen molar-refractivity contribution in [2.75, 3.05) is 6.54 Å². The molecule has 0 bridgehead atoms. The summed E-state index contributed by atoms with van der Waals surface area (Å²) in [4.78, 5) is 22.6. The van der Waals surface area contributed by atoms with Crippen LogP contribution < -0.4 is 5.73 Å². The zero-order valence-corrected chi connectivity index (χ0v) is 6.86. The third-order valence-corrected chi connectivity index (χ3v) is 2.37. The predicted molar refractivity (Wildman–Crippen MR) is 41.5 cm³/mol. The van der Waals surface area contributed by atoms with Crippen molar-refractivity contribution < 1.29 is 14.7 Å². The van der Waals surface area contributed by atoms with Gasteiger partial charge in [0.05, 0.1) is 5.92 Å². The molecule has 68 valence electrons. The third-order valence-electron chi connectivity index (χ3n) is 2.37. The first-order valence-corrected chi connectivity index (χ1v) is 3.83. The monoisotopic (exact) mass is 172 g/mol. The normalized spacial score (nSPS) is 28.9. The molecule has 1 fully saturated rings. The van der Waals surface area contributed by atoms with Crippen LogP contribution >= 0.6 is 0 Å². The second-order valence-corrected chi connectivity index (χ2v) is 3.01. The molecule has 1 rings (SSSR count). The summed E-state index contributed by atoms with van der Waals surface area (Å²) < 4.78 is 0. The van der Waals surface area contributed by atoms with Crippen molar-refractivity contribution in [3.05, 3.63) is 0 Å². The predicted octanol–water partition coefficient (Wildman–Crippen LogP) is -0.140. The molecule has 0 saturated carbocycles. The molecule has 0 aromatic carbocycles. The van der Waals surface area contributed by atoms with E-state index in [4.69, 9.17) is 10.8 Å². The molecule has 0 unspecified atom stereocenters. The Labute approximate surface area is 70.1 Å². The summed E-state index contributed by atoms with van der Waals surface area (Å²) in [6, 6.07) is -0.278. The van der Waals surface area contributed by atoms with Gasteiger partial charge in [-0.3, -0.25) is 4.79 Å². The summed E-state index contributed by atoms with van der Waals surface area (Å²) >= 11 is 0. The second kappa shape index (κ2) is 3.00. The minimum atomic E-state index is -0.980. The molecule has 0 aromatic rings. The Kier molecular flexibility index (Phi) is 2.21. The van der Waals surface area contributed by atoms with E-state index in [-0.39, 0.29) is 12.0 Å². The first-order valence-electron chi connectivity index (χ1n) is 3.83. The lowest BCUT2D eigenvalue weighted by Crippen LogP contribution is -2.38. The highest BCUT2D eigenvalue weighted by Crippen LogP contribution is 2.23. The molecule has 5 heteroatoms. The first kappa shape index (κ1) is 8.83. The van der Waals surface area contributed by atoms with E-state index in [2.05, 4.69) is 0 Å². The molecular weight excluding hydrogens is 160 g/mol. The van der Waals surface area contributed by atoms with Gasteiger partial charge in [0.1, 0.15) is 0 Å². The van der Waals surface area contributed by atoms with Gasteiger partial charge in [0.15, 0.2) is 0 Å². The van der Waals surface area contributed by atoms with Crippen LogP contribution in [0, 0.1) is 5.92 Å². The highest BCUT2D eigenvalue weighted by molar-refractivity contribution is 5.79. The summed E-state index contributed by atoms with van der Waals surface area (Å²) in [6.45, 7) is 2.11. The van der Waals surface area contributed by atoms with Crippen molar-refractivity contribution in [2.24, 2.45) is 11.7 Å². The fraction of sp³-hybridized carbons (Fsp3) is 0.714. The summed E-state index contributed by atoms with van der Waals surface area (Å²) in [7, 11) is 0. The number of carbonyl (C=O) groups excluding carboxylic acids is 1. The Hall–Kier alpha value is -1.26. The second-order valence-electron chi connectivity index (χ2n) is 3.01. The van der Waals surface area contributed by atoms with Gasteiger partial charge in [-0.2, -0.15) is 0 Å².